The Morgan fingerprint density at radius 3 is 2.00 bits per heavy atom. The summed E-state index contributed by atoms with van der Waals surface area (Å²) in [5.41, 5.74) is 9.84. The van der Waals surface area contributed by atoms with Crippen LogP contribution in [0.1, 0.15) is 30.9 Å². The van der Waals surface area contributed by atoms with Crippen LogP contribution in [0.4, 0.5) is 0 Å². The highest BCUT2D eigenvalue weighted by molar-refractivity contribution is 5.93. The maximum Gasteiger partial charge on any atom is 0.308 e. The van der Waals surface area contributed by atoms with Gasteiger partial charge in [-0.25, -0.2) is 0 Å². The molecule has 41 heavy (non-hydrogen) atoms. The number of carbonyl (C=O) groups is 2. The second-order valence-electron chi connectivity index (χ2n) is 9.17. The van der Waals surface area contributed by atoms with Gasteiger partial charge in [0.05, 0.1) is 5.69 Å². The van der Waals surface area contributed by atoms with Gasteiger partial charge in [-0.2, -0.15) is 0 Å². The van der Waals surface area contributed by atoms with Gasteiger partial charge in [0.2, 0.25) is 0 Å². The van der Waals surface area contributed by atoms with E-state index in [1.54, 1.807) is 48.7 Å². The number of hydrogen-bond acceptors (Lipinski definition) is 9. The van der Waals surface area contributed by atoms with Crippen molar-refractivity contribution in [2.75, 3.05) is 0 Å². The lowest BCUT2D eigenvalue weighted by atomic mass is 10.0. The molecule has 0 bridgehead atoms. The van der Waals surface area contributed by atoms with Crippen LogP contribution in [-0.2, 0) is 29.3 Å². The van der Waals surface area contributed by atoms with Crippen LogP contribution in [0.5, 0.6) is 23.0 Å². The molecule has 9 heteroatoms. The van der Waals surface area contributed by atoms with Crippen molar-refractivity contribution in [3.8, 4) is 34.1 Å². The van der Waals surface area contributed by atoms with Crippen molar-refractivity contribution in [1.82, 2.24) is 4.98 Å². The summed E-state index contributed by atoms with van der Waals surface area (Å²) in [6, 6.07) is 23.6. The van der Waals surface area contributed by atoms with E-state index in [0.29, 0.717) is 40.9 Å². The molecule has 0 aliphatic heterocycles. The minimum absolute atomic E-state index is 0.110. The molecule has 5 aromatic rings. The van der Waals surface area contributed by atoms with Gasteiger partial charge in [0.25, 0.3) is 0 Å². The number of carbonyl (C=O) groups excluding carboxylic acids is 2. The molecule has 0 saturated heterocycles. The second kappa shape index (κ2) is 12.4. The number of fused-ring (bicyclic) bond motifs is 1. The van der Waals surface area contributed by atoms with Crippen molar-refractivity contribution >= 4 is 22.9 Å². The van der Waals surface area contributed by atoms with Crippen LogP contribution in [0.2, 0.25) is 0 Å². The Kier molecular flexibility index (Phi) is 8.26. The fourth-order valence-corrected chi connectivity index (χ4v) is 4.32. The van der Waals surface area contributed by atoms with Gasteiger partial charge in [0.15, 0.2) is 23.0 Å². The lowest BCUT2D eigenvalue weighted by Gasteiger charge is -2.12. The predicted molar refractivity (Wildman–Crippen MR) is 152 cm³/mol. The molecule has 3 aromatic carbocycles. The molecular formula is C32H28N2O7. The first-order valence-corrected chi connectivity index (χ1v) is 12.9. The number of esters is 2. The third-order valence-electron chi connectivity index (χ3n) is 6.03. The van der Waals surface area contributed by atoms with Crippen molar-refractivity contribution in [2.24, 2.45) is 5.73 Å². The number of hydrogen-bond donors (Lipinski definition) is 1. The molecule has 0 fully saturated rings. The van der Waals surface area contributed by atoms with Crippen molar-refractivity contribution < 1.29 is 33.0 Å². The molecule has 0 saturated carbocycles. The van der Waals surface area contributed by atoms with Crippen molar-refractivity contribution in [1.29, 1.82) is 0 Å². The number of rotatable bonds is 10. The predicted octanol–water partition coefficient (Wildman–Crippen LogP) is 5.96. The number of benzene rings is 3. The molecule has 0 atom stereocenters. The minimum Gasteiger partial charge on any atom is -0.485 e. The molecule has 2 heterocycles. The van der Waals surface area contributed by atoms with Crippen LogP contribution in [0, 0.1) is 0 Å². The Hall–Kier alpha value is -5.15. The summed E-state index contributed by atoms with van der Waals surface area (Å²) in [6.07, 6.45) is 1.71. The van der Waals surface area contributed by atoms with Crippen LogP contribution in [0.15, 0.2) is 89.5 Å². The minimum atomic E-state index is -0.436. The van der Waals surface area contributed by atoms with Crippen molar-refractivity contribution in [3.63, 3.8) is 0 Å². The fourth-order valence-electron chi connectivity index (χ4n) is 4.32. The first-order valence-electron chi connectivity index (χ1n) is 12.9. The van der Waals surface area contributed by atoms with Gasteiger partial charge in [-0.15, -0.1) is 0 Å². The number of nitrogens with two attached hydrogens (primary N) is 1. The Labute approximate surface area is 236 Å². The zero-order valence-corrected chi connectivity index (χ0v) is 22.6. The Bertz CT molecular complexity index is 1710. The van der Waals surface area contributed by atoms with Crippen LogP contribution in [-0.4, -0.2) is 16.9 Å². The van der Waals surface area contributed by atoms with Gasteiger partial charge in [-0.3, -0.25) is 14.6 Å². The zero-order chi connectivity index (χ0) is 28.8. The van der Waals surface area contributed by atoms with Crippen molar-refractivity contribution in [3.05, 3.63) is 102 Å². The van der Waals surface area contributed by atoms with Gasteiger partial charge in [0, 0.05) is 37.5 Å². The van der Waals surface area contributed by atoms with E-state index in [1.807, 2.05) is 36.4 Å². The summed E-state index contributed by atoms with van der Waals surface area (Å²) < 4.78 is 28.8. The molecule has 0 amide bonds. The van der Waals surface area contributed by atoms with E-state index in [-0.39, 0.29) is 13.2 Å². The third kappa shape index (κ3) is 6.71. The summed E-state index contributed by atoms with van der Waals surface area (Å²) in [4.78, 5) is 27.3. The third-order valence-corrected chi connectivity index (χ3v) is 6.03. The second-order valence-corrected chi connectivity index (χ2v) is 9.17. The van der Waals surface area contributed by atoms with E-state index in [0.717, 1.165) is 27.8 Å². The molecule has 2 N–H and O–H groups in total. The van der Waals surface area contributed by atoms with Gasteiger partial charge in [-0.05, 0) is 65.7 Å². The number of aromatic nitrogens is 1. The zero-order valence-electron chi connectivity index (χ0n) is 22.6. The van der Waals surface area contributed by atoms with Crippen LogP contribution in [0.3, 0.4) is 0 Å². The maximum absolute atomic E-state index is 11.5. The van der Waals surface area contributed by atoms with E-state index in [1.165, 1.54) is 13.8 Å². The number of para-hydroxylation sites is 4. The van der Waals surface area contributed by atoms with Crippen LogP contribution in [0.25, 0.3) is 22.1 Å². The highest BCUT2D eigenvalue weighted by atomic mass is 16.6. The van der Waals surface area contributed by atoms with Crippen LogP contribution >= 0.6 is 0 Å². The molecule has 9 nitrogen and oxygen atoms in total. The van der Waals surface area contributed by atoms with E-state index >= 15 is 0 Å². The highest BCUT2D eigenvalue weighted by Gasteiger charge is 2.16. The highest BCUT2D eigenvalue weighted by Crippen LogP contribution is 2.35. The van der Waals surface area contributed by atoms with Crippen LogP contribution < -0.4 is 24.7 Å². The average molecular weight is 553 g/mol. The molecule has 2 aromatic heterocycles. The maximum atomic E-state index is 11.5. The van der Waals surface area contributed by atoms with Gasteiger partial charge in [-0.1, -0.05) is 24.3 Å². The van der Waals surface area contributed by atoms with Gasteiger partial charge in [0.1, 0.15) is 24.6 Å². The molecule has 0 spiro atoms. The average Bonchev–Trinajstić information content (AvgIpc) is 3.38. The van der Waals surface area contributed by atoms with Crippen molar-refractivity contribution in [2.45, 2.75) is 33.6 Å². The smallest absolute Gasteiger partial charge is 0.308 e. The first kappa shape index (κ1) is 27.4. The molecule has 208 valence electrons. The molecular weight excluding hydrogens is 524 g/mol. The number of nitrogens with zero attached hydrogens (tertiary/aromatic N) is 1. The first-order chi connectivity index (χ1) is 19.9. The van der Waals surface area contributed by atoms with E-state index < -0.39 is 11.9 Å². The summed E-state index contributed by atoms with van der Waals surface area (Å²) in [7, 11) is 0. The molecule has 0 radical (unpaired) electrons. The SMILES string of the molecule is CC(=O)Oc1ccccc1OCc1cc(-c2ccnc(CN)c2)c2oc(COc3ccccc3OC(C)=O)cc2c1. The number of pyridine rings is 1. The Morgan fingerprint density at radius 2 is 1.39 bits per heavy atom. The normalized spacial score (nSPS) is 10.8. The fraction of sp³-hybridized carbons (Fsp3) is 0.156. The summed E-state index contributed by atoms with van der Waals surface area (Å²) in [6.45, 7) is 3.30. The molecule has 0 aliphatic rings. The summed E-state index contributed by atoms with van der Waals surface area (Å²) >= 11 is 0. The topological polar surface area (TPSA) is 123 Å². The Balaban J connectivity index is 1.47. The molecule has 5 rings (SSSR count). The molecule has 0 aliphatic carbocycles. The quantitative estimate of drug-likeness (QED) is 0.165. The Morgan fingerprint density at radius 1 is 0.780 bits per heavy atom. The van der Waals surface area contributed by atoms with Gasteiger partial charge < -0.3 is 29.1 Å². The van der Waals surface area contributed by atoms with E-state index in [4.69, 9.17) is 29.1 Å². The summed E-state index contributed by atoms with van der Waals surface area (Å²) in [5, 5.41) is 0.840. The number of ether oxygens (including phenoxy) is 4. The molecule has 0 unspecified atom stereocenters. The summed E-state index contributed by atoms with van der Waals surface area (Å²) in [5.74, 6) is 1.26. The lowest BCUT2D eigenvalue weighted by molar-refractivity contribution is -0.133. The van der Waals surface area contributed by atoms with E-state index in [2.05, 4.69) is 4.98 Å². The van der Waals surface area contributed by atoms with E-state index in [9.17, 15) is 9.59 Å². The monoisotopic (exact) mass is 552 g/mol. The van der Waals surface area contributed by atoms with Gasteiger partial charge >= 0.3 is 11.9 Å². The largest absolute Gasteiger partial charge is 0.485 e. The lowest BCUT2D eigenvalue weighted by Crippen LogP contribution is -2.04. The number of furan rings is 1. The standard InChI is InChI=1S/C32H28N2O7/c1-20(35)39-30-9-5-3-7-28(30)37-18-22-13-24-16-26(19-38-29-8-4-6-10-31(29)40-21(2)36)41-32(24)27(14-22)23-11-12-34-25(15-23)17-33/h3-16H,17-19,33H2,1-2H3.